The lowest BCUT2D eigenvalue weighted by Crippen LogP contribution is -2.30. The van der Waals surface area contributed by atoms with Crippen LogP contribution in [0.1, 0.15) is 0 Å². The number of anilines is 1. The highest BCUT2D eigenvalue weighted by Gasteiger charge is 2.16. The topological polar surface area (TPSA) is 136 Å². The number of hydrogen-bond acceptors (Lipinski definition) is 6. The van der Waals surface area contributed by atoms with E-state index in [0.717, 1.165) is 6.07 Å². The highest BCUT2D eigenvalue weighted by Crippen LogP contribution is 2.27. The summed E-state index contributed by atoms with van der Waals surface area (Å²) in [5.41, 5.74) is -1.37. The van der Waals surface area contributed by atoms with Gasteiger partial charge in [0.05, 0.1) is 27.7 Å². The summed E-state index contributed by atoms with van der Waals surface area (Å²) in [6.07, 6.45) is 0. The van der Waals surface area contributed by atoms with E-state index >= 15 is 0 Å². The fourth-order valence-corrected chi connectivity index (χ4v) is 1.79. The molecule has 0 saturated heterocycles. The van der Waals surface area contributed by atoms with Crippen LogP contribution in [0.4, 0.5) is 11.4 Å². The van der Waals surface area contributed by atoms with E-state index in [1.807, 2.05) is 6.07 Å². The molecule has 0 fully saturated rings. The average molecular weight is 275 g/mol. The second kappa shape index (κ2) is 4.85. The molecule has 9 nitrogen and oxygen atoms in total. The van der Waals surface area contributed by atoms with E-state index < -0.39 is 16.0 Å². The molecule has 0 saturated carbocycles. The van der Waals surface area contributed by atoms with Crippen molar-refractivity contribution in [1.82, 2.24) is 9.97 Å². The number of fused-ring (bicyclic) bond motifs is 1. The van der Waals surface area contributed by atoms with Gasteiger partial charge in [0.15, 0.2) is 0 Å². The van der Waals surface area contributed by atoms with E-state index in [1.54, 1.807) is 7.05 Å². The van der Waals surface area contributed by atoms with Crippen molar-refractivity contribution >= 4 is 22.4 Å². The minimum absolute atomic E-state index is 0.0303. The molecule has 0 amide bonds. The zero-order valence-electron chi connectivity index (χ0n) is 10.3. The molecule has 0 spiro atoms. The van der Waals surface area contributed by atoms with Gasteiger partial charge in [0.1, 0.15) is 6.54 Å². The number of non-ortho nitro benzene ring substituents is 1. The number of nitro benzene ring substituents is 1. The summed E-state index contributed by atoms with van der Waals surface area (Å²) in [5.74, 6) is 0. The van der Waals surface area contributed by atoms with E-state index in [9.17, 15) is 19.7 Å². The lowest BCUT2D eigenvalue weighted by Gasteiger charge is -2.16. The number of benzene rings is 1. The molecule has 20 heavy (non-hydrogen) atoms. The fourth-order valence-electron chi connectivity index (χ4n) is 1.79. The number of nitriles is 1. The molecule has 0 unspecified atom stereocenters. The molecule has 102 valence electrons. The van der Waals surface area contributed by atoms with Crippen LogP contribution in [0, 0.1) is 21.4 Å². The quantitative estimate of drug-likeness (QED) is 0.352. The maximum atomic E-state index is 11.4. The van der Waals surface area contributed by atoms with Crippen LogP contribution in [-0.4, -0.2) is 28.5 Å². The maximum Gasteiger partial charge on any atom is 0.314 e. The lowest BCUT2D eigenvalue weighted by molar-refractivity contribution is -0.384. The van der Waals surface area contributed by atoms with Gasteiger partial charge in [-0.1, -0.05) is 0 Å². The minimum atomic E-state index is -0.896. The first-order chi connectivity index (χ1) is 9.43. The Morgan fingerprint density at radius 3 is 2.60 bits per heavy atom. The fraction of sp³-hybridized carbons (Fsp3) is 0.182. The second-order valence-electron chi connectivity index (χ2n) is 4.07. The van der Waals surface area contributed by atoms with Gasteiger partial charge in [-0.15, -0.1) is 0 Å². The Morgan fingerprint density at radius 2 is 2.00 bits per heavy atom. The van der Waals surface area contributed by atoms with Crippen LogP contribution in [0.25, 0.3) is 11.0 Å². The van der Waals surface area contributed by atoms with Crippen molar-refractivity contribution in [3.8, 4) is 6.07 Å². The lowest BCUT2D eigenvalue weighted by atomic mass is 10.2. The number of rotatable bonds is 3. The first kappa shape index (κ1) is 13.3. The van der Waals surface area contributed by atoms with Crippen LogP contribution in [0.15, 0.2) is 21.7 Å². The highest BCUT2D eigenvalue weighted by molar-refractivity contribution is 5.90. The number of aromatic amines is 2. The Kier molecular flexibility index (Phi) is 3.22. The van der Waals surface area contributed by atoms with Crippen LogP contribution in [0.5, 0.6) is 0 Å². The van der Waals surface area contributed by atoms with Crippen LogP contribution >= 0.6 is 0 Å². The molecule has 2 aromatic rings. The molecule has 1 heterocycles. The molecule has 1 aromatic carbocycles. The standard InChI is InChI=1S/C11H9N5O4/c1-15(3-2-12)8-5-6(16(19)20)4-7-9(8)14-11(18)10(17)13-7/h4-5H,3H2,1H3,(H,13,17)(H,14,18). The smallest absolute Gasteiger partial charge is 0.314 e. The Bertz CT molecular complexity index is 844. The molecule has 2 N–H and O–H groups in total. The Morgan fingerprint density at radius 1 is 1.35 bits per heavy atom. The number of nitro groups is 1. The van der Waals surface area contributed by atoms with Crippen LogP contribution in [0.2, 0.25) is 0 Å². The van der Waals surface area contributed by atoms with Gasteiger partial charge in [-0.2, -0.15) is 5.26 Å². The Labute approximate surface area is 111 Å². The first-order valence-electron chi connectivity index (χ1n) is 5.47. The first-order valence-corrected chi connectivity index (χ1v) is 5.47. The molecule has 9 heteroatoms. The summed E-state index contributed by atoms with van der Waals surface area (Å²) >= 11 is 0. The SMILES string of the molecule is CN(CC#N)c1cc([N+](=O)[O-])cc2[nH]c(=O)c(=O)[nH]c12. The molecule has 0 bridgehead atoms. The van der Waals surface area contributed by atoms with Crippen molar-refractivity contribution in [3.63, 3.8) is 0 Å². The third-order valence-corrected chi connectivity index (χ3v) is 2.73. The minimum Gasteiger partial charge on any atom is -0.359 e. The molecule has 0 aliphatic rings. The van der Waals surface area contributed by atoms with E-state index in [1.165, 1.54) is 11.0 Å². The van der Waals surface area contributed by atoms with Gasteiger partial charge >= 0.3 is 11.1 Å². The van der Waals surface area contributed by atoms with Gasteiger partial charge < -0.3 is 14.9 Å². The number of nitrogens with zero attached hydrogens (tertiary/aromatic N) is 3. The monoisotopic (exact) mass is 275 g/mol. The van der Waals surface area contributed by atoms with Gasteiger partial charge in [0.25, 0.3) is 5.69 Å². The molecule has 2 rings (SSSR count). The Balaban J connectivity index is 2.85. The van der Waals surface area contributed by atoms with Crippen molar-refractivity contribution in [2.75, 3.05) is 18.5 Å². The summed E-state index contributed by atoms with van der Waals surface area (Å²) in [5, 5.41) is 19.6. The molecule has 0 aliphatic carbocycles. The third kappa shape index (κ3) is 2.22. The molecule has 1 aromatic heterocycles. The number of aromatic nitrogens is 2. The van der Waals surface area contributed by atoms with Crippen LogP contribution in [-0.2, 0) is 0 Å². The van der Waals surface area contributed by atoms with Crippen LogP contribution < -0.4 is 16.0 Å². The van der Waals surface area contributed by atoms with E-state index in [-0.39, 0.29) is 29.0 Å². The Hall–Kier alpha value is -3.15. The van der Waals surface area contributed by atoms with Crippen molar-refractivity contribution < 1.29 is 4.92 Å². The van der Waals surface area contributed by atoms with Crippen molar-refractivity contribution in [2.45, 2.75) is 0 Å². The predicted octanol–water partition coefficient (Wildman–Crippen LogP) is 0.0844. The maximum absolute atomic E-state index is 11.4. The van der Waals surface area contributed by atoms with Gasteiger partial charge in [-0.25, -0.2) is 0 Å². The highest BCUT2D eigenvalue weighted by atomic mass is 16.6. The molecule has 0 aliphatic heterocycles. The predicted molar refractivity (Wildman–Crippen MR) is 70.7 cm³/mol. The molecule has 0 atom stereocenters. The van der Waals surface area contributed by atoms with Gasteiger partial charge in [0, 0.05) is 19.2 Å². The number of nitrogens with one attached hydrogen (secondary N) is 2. The van der Waals surface area contributed by atoms with E-state index in [2.05, 4.69) is 9.97 Å². The number of H-pyrrole nitrogens is 2. The zero-order chi connectivity index (χ0) is 14.9. The molecule has 0 radical (unpaired) electrons. The van der Waals surface area contributed by atoms with Crippen molar-refractivity contribution in [3.05, 3.63) is 43.0 Å². The average Bonchev–Trinajstić information content (AvgIpc) is 2.39. The third-order valence-electron chi connectivity index (χ3n) is 2.73. The number of hydrogen-bond donors (Lipinski definition) is 2. The van der Waals surface area contributed by atoms with Crippen LogP contribution in [0.3, 0.4) is 0 Å². The summed E-state index contributed by atoms with van der Waals surface area (Å²) in [7, 11) is 1.55. The van der Waals surface area contributed by atoms with Gasteiger partial charge in [-0.05, 0) is 0 Å². The molecular formula is C11H9N5O4. The summed E-state index contributed by atoms with van der Waals surface area (Å²) in [4.78, 5) is 39.0. The second-order valence-corrected chi connectivity index (χ2v) is 4.07. The normalized spacial score (nSPS) is 10.2. The molecular weight excluding hydrogens is 266 g/mol. The van der Waals surface area contributed by atoms with Gasteiger partial charge in [0.2, 0.25) is 0 Å². The zero-order valence-corrected chi connectivity index (χ0v) is 10.3. The van der Waals surface area contributed by atoms with E-state index in [0.29, 0.717) is 0 Å². The largest absolute Gasteiger partial charge is 0.359 e. The summed E-state index contributed by atoms with van der Waals surface area (Å²) in [6, 6.07) is 4.28. The van der Waals surface area contributed by atoms with Gasteiger partial charge in [-0.3, -0.25) is 19.7 Å². The van der Waals surface area contributed by atoms with E-state index in [4.69, 9.17) is 5.26 Å². The summed E-state index contributed by atoms with van der Waals surface area (Å²) in [6.45, 7) is -0.0303. The van der Waals surface area contributed by atoms with Crippen molar-refractivity contribution in [1.29, 1.82) is 5.26 Å². The summed E-state index contributed by atoms with van der Waals surface area (Å²) < 4.78 is 0. The van der Waals surface area contributed by atoms with Crippen molar-refractivity contribution in [2.24, 2.45) is 0 Å².